The predicted molar refractivity (Wildman–Crippen MR) is 111 cm³/mol. The highest BCUT2D eigenvalue weighted by Crippen LogP contribution is 2.43. The van der Waals surface area contributed by atoms with Crippen molar-refractivity contribution in [3.05, 3.63) is 54.1 Å². The molecule has 1 aliphatic rings. The lowest BCUT2D eigenvalue weighted by Crippen LogP contribution is -2.09. The highest BCUT2D eigenvalue weighted by molar-refractivity contribution is 5.80. The summed E-state index contributed by atoms with van der Waals surface area (Å²) in [5, 5.41) is 13.8. The molecule has 3 aromatic rings. The highest BCUT2D eigenvalue weighted by Gasteiger charge is 2.20. The molecule has 4 rings (SSSR count). The number of aryl methyl sites for hydroxylation is 1. The van der Waals surface area contributed by atoms with Crippen LogP contribution in [0.5, 0.6) is 17.2 Å². The van der Waals surface area contributed by atoms with Gasteiger partial charge < -0.3 is 19.9 Å². The molecular weight excluding hydrogens is 352 g/mol. The number of nitrogens with zero attached hydrogens (tertiary/aromatic N) is 1. The summed E-state index contributed by atoms with van der Waals surface area (Å²) < 4.78 is 11.2. The summed E-state index contributed by atoms with van der Waals surface area (Å²) in [7, 11) is 0. The molecule has 2 heterocycles. The molecule has 2 aromatic carbocycles. The quantitative estimate of drug-likeness (QED) is 0.639. The Labute approximate surface area is 165 Å². The summed E-state index contributed by atoms with van der Waals surface area (Å²) >= 11 is 0. The number of rotatable bonds is 5. The molecule has 28 heavy (non-hydrogen) atoms. The Morgan fingerprint density at radius 1 is 1.07 bits per heavy atom. The van der Waals surface area contributed by atoms with Gasteiger partial charge in [-0.2, -0.15) is 0 Å². The number of para-hydroxylation sites is 1. The van der Waals surface area contributed by atoms with Gasteiger partial charge in [-0.05, 0) is 48.7 Å². The molecule has 5 heteroatoms. The Hall–Kier alpha value is -3.21. The van der Waals surface area contributed by atoms with E-state index in [1.54, 1.807) is 6.07 Å². The van der Waals surface area contributed by atoms with Gasteiger partial charge in [0.25, 0.3) is 0 Å². The summed E-state index contributed by atoms with van der Waals surface area (Å²) in [4.78, 5) is 4.75. The molecule has 0 fully saturated rings. The van der Waals surface area contributed by atoms with Crippen LogP contribution in [0.4, 0.5) is 5.82 Å². The lowest BCUT2D eigenvalue weighted by molar-refractivity contribution is 0.174. The van der Waals surface area contributed by atoms with Crippen LogP contribution in [0.15, 0.2) is 48.5 Å². The zero-order chi connectivity index (χ0) is 19.7. The number of fused-ring (bicyclic) bond motifs is 1. The van der Waals surface area contributed by atoms with Gasteiger partial charge in [0.2, 0.25) is 6.79 Å². The van der Waals surface area contributed by atoms with E-state index >= 15 is 0 Å². The largest absolute Gasteiger partial charge is 0.507 e. The number of aromatic hydroxyl groups is 1. The number of phenols is 1. The maximum atomic E-state index is 10.4. The number of phenolic OH excluding ortho intramolecular Hbond substituents is 1. The molecule has 0 saturated carbocycles. The first-order valence-corrected chi connectivity index (χ1v) is 9.46. The Kier molecular flexibility index (Phi) is 4.82. The number of hydrogen-bond donors (Lipinski definition) is 2. The lowest BCUT2D eigenvalue weighted by Gasteiger charge is -2.14. The second-order valence-electron chi connectivity index (χ2n) is 7.46. The second-order valence-corrected chi connectivity index (χ2v) is 7.46. The van der Waals surface area contributed by atoms with Crippen molar-refractivity contribution in [1.29, 1.82) is 0 Å². The van der Waals surface area contributed by atoms with Gasteiger partial charge in [0.15, 0.2) is 11.5 Å². The Morgan fingerprint density at radius 2 is 1.93 bits per heavy atom. The predicted octanol–water partition coefficient (Wildman–Crippen LogP) is 5.23. The molecular formula is C23H24N2O3. The first-order valence-electron chi connectivity index (χ1n) is 9.46. The van der Waals surface area contributed by atoms with Crippen molar-refractivity contribution >= 4 is 5.82 Å². The van der Waals surface area contributed by atoms with Gasteiger partial charge in [-0.3, -0.25) is 0 Å². The van der Waals surface area contributed by atoms with Crippen molar-refractivity contribution in [2.24, 2.45) is 5.92 Å². The molecule has 0 spiro atoms. The minimum absolute atomic E-state index is 0.211. The van der Waals surface area contributed by atoms with E-state index in [0.29, 0.717) is 17.2 Å². The van der Waals surface area contributed by atoms with Gasteiger partial charge in [-0.15, -0.1) is 0 Å². The van der Waals surface area contributed by atoms with Gasteiger partial charge in [0, 0.05) is 17.7 Å². The first-order chi connectivity index (χ1) is 13.5. The fourth-order valence-corrected chi connectivity index (χ4v) is 3.24. The zero-order valence-corrected chi connectivity index (χ0v) is 16.3. The van der Waals surface area contributed by atoms with Crippen LogP contribution in [0.25, 0.3) is 22.4 Å². The summed E-state index contributed by atoms with van der Waals surface area (Å²) in [6.07, 6.45) is 0. The molecule has 0 amide bonds. The average molecular weight is 376 g/mol. The van der Waals surface area contributed by atoms with Crippen molar-refractivity contribution in [2.75, 3.05) is 18.7 Å². The zero-order valence-electron chi connectivity index (χ0n) is 16.3. The third-order valence-electron chi connectivity index (χ3n) is 4.65. The number of pyridine rings is 1. The first kappa shape index (κ1) is 18.2. The molecule has 2 N–H and O–H groups in total. The summed E-state index contributed by atoms with van der Waals surface area (Å²) in [5.41, 5.74) is 4.38. The molecule has 1 aliphatic heterocycles. The third-order valence-corrected chi connectivity index (χ3v) is 4.65. The summed E-state index contributed by atoms with van der Waals surface area (Å²) in [6.45, 7) is 7.34. The van der Waals surface area contributed by atoms with Gasteiger partial charge >= 0.3 is 0 Å². The van der Waals surface area contributed by atoms with Gasteiger partial charge in [0.05, 0.1) is 5.69 Å². The molecule has 0 atom stereocenters. The molecule has 144 valence electrons. The van der Waals surface area contributed by atoms with Gasteiger partial charge in [-0.1, -0.05) is 37.6 Å². The van der Waals surface area contributed by atoms with E-state index in [4.69, 9.17) is 14.5 Å². The van der Waals surface area contributed by atoms with E-state index in [1.165, 1.54) is 0 Å². The SMILES string of the molecule is Cc1ccc(O)c(-c2cc(-c3cccc4c3OCO4)cc(NCC(C)C)n2)c1. The molecule has 0 aliphatic carbocycles. The molecule has 0 radical (unpaired) electrons. The Morgan fingerprint density at radius 3 is 2.75 bits per heavy atom. The molecule has 1 aromatic heterocycles. The van der Waals surface area contributed by atoms with E-state index in [1.807, 2.05) is 49.4 Å². The number of ether oxygens (including phenoxy) is 2. The van der Waals surface area contributed by atoms with Crippen LogP contribution in [0.3, 0.4) is 0 Å². The van der Waals surface area contributed by atoms with Crippen molar-refractivity contribution in [3.8, 4) is 39.6 Å². The molecule has 5 nitrogen and oxygen atoms in total. The van der Waals surface area contributed by atoms with Crippen LogP contribution in [-0.2, 0) is 0 Å². The number of aromatic nitrogens is 1. The fraction of sp³-hybridized carbons (Fsp3) is 0.261. The fourth-order valence-electron chi connectivity index (χ4n) is 3.24. The van der Waals surface area contributed by atoms with Crippen molar-refractivity contribution < 1.29 is 14.6 Å². The average Bonchev–Trinajstić information content (AvgIpc) is 3.17. The van der Waals surface area contributed by atoms with E-state index in [-0.39, 0.29) is 12.5 Å². The number of anilines is 1. The minimum atomic E-state index is 0.211. The van der Waals surface area contributed by atoms with Crippen molar-refractivity contribution in [3.63, 3.8) is 0 Å². The maximum Gasteiger partial charge on any atom is 0.231 e. The summed E-state index contributed by atoms with van der Waals surface area (Å²) in [6, 6.07) is 15.4. The Bertz CT molecular complexity index is 1010. The highest BCUT2D eigenvalue weighted by atomic mass is 16.7. The van der Waals surface area contributed by atoms with E-state index in [2.05, 4.69) is 19.2 Å². The standard InChI is InChI=1S/C23H24N2O3/c1-14(2)12-24-22-11-16(17-5-4-6-21-23(17)28-13-27-21)10-19(25-22)18-9-15(3)7-8-20(18)26/h4-11,14,26H,12-13H2,1-3H3,(H,24,25). The van der Waals surface area contributed by atoms with Crippen LogP contribution in [0, 0.1) is 12.8 Å². The smallest absolute Gasteiger partial charge is 0.231 e. The molecule has 0 unspecified atom stereocenters. The molecule has 0 saturated heterocycles. The third kappa shape index (κ3) is 3.60. The van der Waals surface area contributed by atoms with Crippen LogP contribution in [-0.4, -0.2) is 23.4 Å². The normalized spacial score (nSPS) is 12.4. The van der Waals surface area contributed by atoms with Crippen molar-refractivity contribution in [2.45, 2.75) is 20.8 Å². The summed E-state index contributed by atoms with van der Waals surface area (Å²) in [5.74, 6) is 2.94. The number of benzene rings is 2. The van der Waals surface area contributed by atoms with Crippen LogP contribution >= 0.6 is 0 Å². The van der Waals surface area contributed by atoms with Gasteiger partial charge in [0.1, 0.15) is 11.6 Å². The van der Waals surface area contributed by atoms with Crippen LogP contribution < -0.4 is 14.8 Å². The van der Waals surface area contributed by atoms with Gasteiger partial charge in [-0.25, -0.2) is 4.98 Å². The van der Waals surface area contributed by atoms with Crippen LogP contribution in [0.1, 0.15) is 19.4 Å². The second kappa shape index (κ2) is 7.43. The van der Waals surface area contributed by atoms with Crippen LogP contribution in [0.2, 0.25) is 0 Å². The Balaban J connectivity index is 1.86. The van der Waals surface area contributed by atoms with E-state index < -0.39 is 0 Å². The number of nitrogens with one attached hydrogen (secondary N) is 1. The number of hydrogen-bond acceptors (Lipinski definition) is 5. The van der Waals surface area contributed by atoms with E-state index in [0.717, 1.165) is 40.6 Å². The molecule has 0 bridgehead atoms. The monoisotopic (exact) mass is 376 g/mol. The van der Waals surface area contributed by atoms with E-state index in [9.17, 15) is 5.11 Å². The minimum Gasteiger partial charge on any atom is -0.507 e. The maximum absolute atomic E-state index is 10.4. The van der Waals surface area contributed by atoms with Crippen molar-refractivity contribution in [1.82, 2.24) is 4.98 Å². The lowest BCUT2D eigenvalue weighted by atomic mass is 10.0. The topological polar surface area (TPSA) is 63.6 Å².